The highest BCUT2D eigenvalue weighted by Gasteiger charge is 2.12. The van der Waals surface area contributed by atoms with Crippen molar-refractivity contribution in [3.05, 3.63) is 36.1 Å². The van der Waals surface area contributed by atoms with Gasteiger partial charge in [-0.3, -0.25) is 9.59 Å². The van der Waals surface area contributed by atoms with E-state index >= 15 is 0 Å². The zero-order valence-electron chi connectivity index (χ0n) is 9.68. The van der Waals surface area contributed by atoms with Crippen LogP contribution in [0.4, 0.5) is 0 Å². The fourth-order valence-corrected chi connectivity index (χ4v) is 1.69. The van der Waals surface area contributed by atoms with E-state index in [2.05, 4.69) is 5.32 Å². The summed E-state index contributed by atoms with van der Waals surface area (Å²) in [5.41, 5.74) is 1.13. The van der Waals surface area contributed by atoms with Gasteiger partial charge in [-0.15, -0.1) is 0 Å². The van der Waals surface area contributed by atoms with Crippen LogP contribution in [0, 0.1) is 0 Å². The monoisotopic (exact) mass is 247 g/mol. The molecule has 0 spiro atoms. The molecule has 5 nitrogen and oxygen atoms in total. The van der Waals surface area contributed by atoms with E-state index in [9.17, 15) is 9.59 Å². The van der Waals surface area contributed by atoms with E-state index in [0.717, 1.165) is 5.39 Å². The fourth-order valence-electron chi connectivity index (χ4n) is 1.69. The maximum Gasteiger partial charge on any atom is 0.303 e. The lowest BCUT2D eigenvalue weighted by Gasteiger charge is -2.02. The van der Waals surface area contributed by atoms with Gasteiger partial charge in [0.15, 0.2) is 0 Å². The smallest absolute Gasteiger partial charge is 0.303 e. The Morgan fingerprint density at radius 1 is 1.28 bits per heavy atom. The van der Waals surface area contributed by atoms with Crippen LogP contribution in [0.5, 0.6) is 0 Å². The molecule has 94 valence electrons. The minimum atomic E-state index is -0.863. The van der Waals surface area contributed by atoms with Crippen LogP contribution in [-0.2, 0) is 4.79 Å². The maximum absolute atomic E-state index is 11.8. The molecule has 0 aliphatic carbocycles. The van der Waals surface area contributed by atoms with Gasteiger partial charge in [-0.25, -0.2) is 0 Å². The number of benzene rings is 1. The molecule has 0 saturated carbocycles. The Hall–Kier alpha value is -2.30. The van der Waals surface area contributed by atoms with Gasteiger partial charge in [-0.1, -0.05) is 18.2 Å². The van der Waals surface area contributed by atoms with Crippen molar-refractivity contribution in [3.8, 4) is 0 Å². The number of nitrogens with one attached hydrogen (secondary N) is 1. The number of amides is 1. The molecule has 0 radical (unpaired) electrons. The number of hydrogen-bond acceptors (Lipinski definition) is 3. The molecule has 0 unspecified atom stereocenters. The third-order valence-electron chi connectivity index (χ3n) is 2.58. The van der Waals surface area contributed by atoms with Gasteiger partial charge in [0.05, 0.1) is 5.56 Å². The minimum absolute atomic E-state index is 0.0480. The first-order valence-corrected chi connectivity index (χ1v) is 5.64. The number of hydrogen-bond donors (Lipinski definition) is 2. The summed E-state index contributed by atoms with van der Waals surface area (Å²) in [6, 6.07) is 7.26. The second-order valence-electron chi connectivity index (χ2n) is 3.90. The summed E-state index contributed by atoms with van der Waals surface area (Å²) in [5.74, 6) is -1.11. The Morgan fingerprint density at radius 2 is 2.06 bits per heavy atom. The van der Waals surface area contributed by atoms with Crippen molar-refractivity contribution < 1.29 is 19.1 Å². The summed E-state index contributed by atoms with van der Waals surface area (Å²) >= 11 is 0. The van der Waals surface area contributed by atoms with E-state index in [1.54, 1.807) is 6.07 Å². The summed E-state index contributed by atoms with van der Waals surface area (Å²) in [4.78, 5) is 22.2. The molecule has 0 atom stereocenters. The number of carboxylic acid groups (broad SMARTS) is 1. The number of carbonyl (C=O) groups is 2. The lowest BCUT2D eigenvalue weighted by Crippen LogP contribution is -2.24. The van der Waals surface area contributed by atoms with E-state index in [-0.39, 0.29) is 12.3 Å². The van der Waals surface area contributed by atoms with Crippen LogP contribution in [0.15, 0.2) is 34.9 Å². The van der Waals surface area contributed by atoms with Gasteiger partial charge in [-0.05, 0) is 12.5 Å². The highest BCUT2D eigenvalue weighted by atomic mass is 16.4. The standard InChI is InChI=1S/C13H13NO4/c15-12(16)6-3-7-14-13(17)10-8-18-11-5-2-1-4-9(10)11/h1-2,4-5,8H,3,6-7H2,(H,14,17)(H,15,16). The first-order chi connectivity index (χ1) is 8.68. The molecule has 0 bridgehead atoms. The van der Waals surface area contributed by atoms with Gasteiger partial charge in [-0.2, -0.15) is 0 Å². The lowest BCUT2D eigenvalue weighted by atomic mass is 10.1. The Balaban J connectivity index is 1.99. The third kappa shape index (κ3) is 2.68. The van der Waals surface area contributed by atoms with Crippen LogP contribution in [0.1, 0.15) is 23.2 Å². The van der Waals surface area contributed by atoms with Crippen LogP contribution < -0.4 is 5.32 Å². The minimum Gasteiger partial charge on any atom is -0.481 e. The molecule has 1 aromatic carbocycles. The molecular formula is C13H13NO4. The van der Waals surface area contributed by atoms with Gasteiger partial charge in [0.2, 0.25) is 0 Å². The average molecular weight is 247 g/mol. The van der Waals surface area contributed by atoms with Crippen molar-refractivity contribution >= 4 is 22.8 Å². The topological polar surface area (TPSA) is 79.5 Å². The Morgan fingerprint density at radius 3 is 2.83 bits per heavy atom. The van der Waals surface area contributed by atoms with Crippen molar-refractivity contribution in [2.24, 2.45) is 0 Å². The average Bonchev–Trinajstić information content (AvgIpc) is 2.78. The van der Waals surface area contributed by atoms with Gasteiger partial charge in [0.1, 0.15) is 11.8 Å². The van der Waals surface area contributed by atoms with E-state index < -0.39 is 5.97 Å². The quantitative estimate of drug-likeness (QED) is 0.792. The van der Waals surface area contributed by atoms with E-state index in [1.165, 1.54) is 6.26 Å². The number of para-hydroxylation sites is 1. The number of carbonyl (C=O) groups excluding carboxylic acids is 1. The second kappa shape index (κ2) is 5.35. The predicted octanol–water partition coefficient (Wildman–Crippen LogP) is 2.03. The summed E-state index contributed by atoms with van der Waals surface area (Å²) in [5, 5.41) is 11.9. The Bertz CT molecular complexity index is 573. The van der Waals surface area contributed by atoms with E-state index in [4.69, 9.17) is 9.52 Å². The Labute approximate surface area is 103 Å². The van der Waals surface area contributed by atoms with Gasteiger partial charge in [0, 0.05) is 18.4 Å². The van der Waals surface area contributed by atoms with Crippen molar-refractivity contribution in [3.63, 3.8) is 0 Å². The van der Waals surface area contributed by atoms with Crippen LogP contribution in [0.25, 0.3) is 11.0 Å². The van der Waals surface area contributed by atoms with Gasteiger partial charge >= 0.3 is 5.97 Å². The van der Waals surface area contributed by atoms with Crippen molar-refractivity contribution in [1.29, 1.82) is 0 Å². The molecule has 5 heteroatoms. The van der Waals surface area contributed by atoms with Crippen molar-refractivity contribution in [1.82, 2.24) is 5.32 Å². The maximum atomic E-state index is 11.8. The number of carboxylic acids is 1. The molecule has 1 amide bonds. The molecule has 1 heterocycles. The van der Waals surface area contributed by atoms with Crippen LogP contribution in [-0.4, -0.2) is 23.5 Å². The molecule has 2 rings (SSSR count). The first kappa shape index (κ1) is 12.2. The van der Waals surface area contributed by atoms with Gasteiger partial charge in [0.25, 0.3) is 5.91 Å². The molecule has 0 aliphatic rings. The summed E-state index contributed by atoms with van der Waals surface area (Å²) in [6.07, 6.45) is 1.88. The molecule has 0 aliphatic heterocycles. The fraction of sp³-hybridized carbons (Fsp3) is 0.231. The SMILES string of the molecule is O=C(O)CCCNC(=O)c1coc2ccccc12. The highest BCUT2D eigenvalue weighted by molar-refractivity contribution is 6.05. The number of rotatable bonds is 5. The van der Waals surface area contributed by atoms with Gasteiger partial charge < -0.3 is 14.8 Å². The van der Waals surface area contributed by atoms with Crippen LogP contribution in [0.3, 0.4) is 0 Å². The number of fused-ring (bicyclic) bond motifs is 1. The Kier molecular flexibility index (Phi) is 3.62. The predicted molar refractivity (Wildman–Crippen MR) is 65.4 cm³/mol. The van der Waals surface area contributed by atoms with Crippen LogP contribution >= 0.6 is 0 Å². The number of aliphatic carboxylic acids is 1. The molecule has 1 aromatic heterocycles. The van der Waals surface area contributed by atoms with Crippen molar-refractivity contribution in [2.75, 3.05) is 6.54 Å². The normalized spacial score (nSPS) is 10.4. The van der Waals surface area contributed by atoms with E-state index in [1.807, 2.05) is 18.2 Å². The molecule has 18 heavy (non-hydrogen) atoms. The largest absolute Gasteiger partial charge is 0.481 e. The molecular weight excluding hydrogens is 234 g/mol. The molecule has 2 N–H and O–H groups in total. The molecule has 2 aromatic rings. The zero-order valence-corrected chi connectivity index (χ0v) is 9.68. The first-order valence-electron chi connectivity index (χ1n) is 5.64. The molecule has 0 saturated heterocycles. The highest BCUT2D eigenvalue weighted by Crippen LogP contribution is 2.20. The van der Waals surface area contributed by atoms with Crippen molar-refractivity contribution in [2.45, 2.75) is 12.8 Å². The summed E-state index contributed by atoms with van der Waals surface area (Å²) in [7, 11) is 0. The second-order valence-corrected chi connectivity index (χ2v) is 3.90. The summed E-state index contributed by atoms with van der Waals surface area (Å²) in [6.45, 7) is 0.338. The van der Waals surface area contributed by atoms with E-state index in [0.29, 0.717) is 24.1 Å². The summed E-state index contributed by atoms with van der Waals surface area (Å²) < 4.78 is 5.26. The zero-order chi connectivity index (χ0) is 13.0. The number of furan rings is 1. The third-order valence-corrected chi connectivity index (χ3v) is 2.58. The van der Waals surface area contributed by atoms with Crippen LogP contribution in [0.2, 0.25) is 0 Å². The lowest BCUT2D eigenvalue weighted by molar-refractivity contribution is -0.137. The molecule has 0 fully saturated rings.